The van der Waals surface area contributed by atoms with Crippen molar-refractivity contribution in [3.8, 4) is 0 Å². The highest BCUT2D eigenvalue weighted by Crippen LogP contribution is 2.37. The Bertz CT molecular complexity index is 1090. The molecular weight excluding hydrogens is 472 g/mol. The topological polar surface area (TPSA) is 99.6 Å². The molecule has 1 fully saturated rings. The van der Waals surface area contributed by atoms with Gasteiger partial charge in [0.2, 0.25) is 0 Å². The lowest BCUT2D eigenvalue weighted by atomic mass is 10.1. The Kier molecular flexibility index (Phi) is 8.30. The zero-order chi connectivity index (χ0) is 25.2. The zero-order valence-electron chi connectivity index (χ0n) is 21.2. The molecular formula is C23H38N6O3S2. The molecule has 2 amide bonds. The van der Waals surface area contributed by atoms with E-state index in [1.807, 2.05) is 27.0 Å². The van der Waals surface area contributed by atoms with Crippen molar-refractivity contribution in [2.75, 3.05) is 29.8 Å². The van der Waals surface area contributed by atoms with Crippen LogP contribution in [0.3, 0.4) is 0 Å². The fourth-order valence-electron chi connectivity index (χ4n) is 4.15. The first-order valence-electron chi connectivity index (χ1n) is 11.9. The van der Waals surface area contributed by atoms with Crippen LogP contribution in [0.1, 0.15) is 82.0 Å². The Morgan fingerprint density at radius 1 is 1.21 bits per heavy atom. The van der Waals surface area contributed by atoms with E-state index in [0.717, 1.165) is 22.7 Å². The summed E-state index contributed by atoms with van der Waals surface area (Å²) in [7, 11) is -2.20. The third-order valence-electron chi connectivity index (χ3n) is 5.90. The summed E-state index contributed by atoms with van der Waals surface area (Å²) in [5.74, 6) is 0.529. The summed E-state index contributed by atoms with van der Waals surface area (Å²) in [5, 5.41) is 7.12. The van der Waals surface area contributed by atoms with Gasteiger partial charge in [-0.25, -0.2) is 13.8 Å². The second-order valence-electron chi connectivity index (χ2n) is 9.92. The van der Waals surface area contributed by atoms with Gasteiger partial charge in [0.15, 0.2) is 0 Å². The number of carbonyl (C=O) groups excluding carboxylic acids is 1. The number of nitrogens with one attached hydrogen (secondary N) is 2. The molecule has 2 aromatic rings. The quantitative estimate of drug-likeness (QED) is 0.534. The summed E-state index contributed by atoms with van der Waals surface area (Å²) < 4.78 is 32.4. The summed E-state index contributed by atoms with van der Waals surface area (Å²) in [6, 6.07) is 0.971. The molecule has 1 atom stereocenters. The van der Waals surface area contributed by atoms with E-state index in [1.54, 1.807) is 28.4 Å². The van der Waals surface area contributed by atoms with Crippen LogP contribution in [0.25, 0.3) is 0 Å². The summed E-state index contributed by atoms with van der Waals surface area (Å²) in [5.41, 5.74) is 1.11. The number of amides is 2. The number of hydrogen-bond donors (Lipinski definition) is 2. The first-order chi connectivity index (χ1) is 15.9. The van der Waals surface area contributed by atoms with Gasteiger partial charge in [-0.05, 0) is 58.2 Å². The minimum atomic E-state index is -4.18. The van der Waals surface area contributed by atoms with E-state index in [2.05, 4.69) is 47.7 Å². The highest BCUT2D eigenvalue weighted by atomic mass is 32.2. The van der Waals surface area contributed by atoms with Crippen molar-refractivity contribution in [1.82, 2.24) is 19.4 Å². The van der Waals surface area contributed by atoms with Crippen LogP contribution in [0.5, 0.6) is 0 Å². The highest BCUT2D eigenvalue weighted by molar-refractivity contribution is 7.91. The fourth-order valence-corrected chi connectivity index (χ4v) is 6.59. The second-order valence-corrected chi connectivity index (χ2v) is 12.6. The normalized spacial score (nSPS) is 17.5. The van der Waals surface area contributed by atoms with Gasteiger partial charge in [0.05, 0.1) is 23.6 Å². The molecule has 0 aromatic carbocycles. The van der Waals surface area contributed by atoms with E-state index in [4.69, 9.17) is 0 Å². The van der Waals surface area contributed by atoms with Crippen LogP contribution < -0.4 is 14.3 Å². The number of aromatic nitrogens is 2. The minimum absolute atomic E-state index is 0.0896. The number of likely N-dealkylation sites (N-methyl/N-ethyl adjacent to an activating group) is 1. The Hall–Kier alpha value is -2.11. The smallest absolute Gasteiger partial charge is 0.306 e. The molecule has 2 aromatic heterocycles. The maximum Gasteiger partial charge on any atom is 0.334 e. The molecule has 1 saturated heterocycles. The van der Waals surface area contributed by atoms with Crippen molar-refractivity contribution in [2.24, 2.45) is 0 Å². The van der Waals surface area contributed by atoms with Gasteiger partial charge in [0.25, 0.3) is 0 Å². The molecule has 3 rings (SSSR count). The van der Waals surface area contributed by atoms with Crippen molar-refractivity contribution >= 4 is 39.0 Å². The molecule has 1 aliphatic rings. The van der Waals surface area contributed by atoms with Gasteiger partial charge >= 0.3 is 16.2 Å². The lowest BCUT2D eigenvalue weighted by Crippen LogP contribution is -2.54. The molecule has 2 N–H and O–H groups in total. The van der Waals surface area contributed by atoms with E-state index in [-0.39, 0.29) is 18.0 Å². The van der Waals surface area contributed by atoms with Crippen molar-refractivity contribution in [3.05, 3.63) is 28.2 Å². The summed E-state index contributed by atoms with van der Waals surface area (Å²) in [6.07, 6.45) is 4.86. The van der Waals surface area contributed by atoms with E-state index < -0.39 is 16.2 Å². The van der Waals surface area contributed by atoms with E-state index >= 15 is 0 Å². The van der Waals surface area contributed by atoms with Crippen molar-refractivity contribution in [3.63, 3.8) is 0 Å². The number of likely N-dealkylation sites (tertiary alicyclic amines) is 1. The Labute approximate surface area is 207 Å². The zero-order valence-corrected chi connectivity index (χ0v) is 22.8. The molecule has 0 spiro atoms. The number of rotatable bonds is 8. The first kappa shape index (κ1) is 26.5. The van der Waals surface area contributed by atoms with Gasteiger partial charge in [-0.2, -0.15) is 13.5 Å². The highest BCUT2D eigenvalue weighted by Gasteiger charge is 2.35. The monoisotopic (exact) mass is 510 g/mol. The maximum atomic E-state index is 13.6. The Morgan fingerprint density at radius 2 is 1.91 bits per heavy atom. The number of thiophene rings is 1. The van der Waals surface area contributed by atoms with Crippen LogP contribution in [0, 0.1) is 0 Å². The lowest BCUT2D eigenvalue weighted by molar-refractivity contribution is 0.251. The number of nitrogens with zero attached hydrogens (tertiary/aromatic N) is 4. The van der Waals surface area contributed by atoms with Gasteiger partial charge < -0.3 is 10.2 Å². The van der Waals surface area contributed by atoms with Crippen LogP contribution in [-0.4, -0.2) is 55.3 Å². The molecule has 0 unspecified atom stereocenters. The molecule has 0 aliphatic carbocycles. The third kappa shape index (κ3) is 6.11. The van der Waals surface area contributed by atoms with Gasteiger partial charge in [-0.3, -0.25) is 4.68 Å². The third-order valence-corrected chi connectivity index (χ3v) is 9.11. The largest absolute Gasteiger partial charge is 0.334 e. The summed E-state index contributed by atoms with van der Waals surface area (Å²) in [4.78, 5) is 17.2. The average Bonchev–Trinajstić information content (AvgIpc) is 3.35. The standard InChI is InChI=1S/C23H38N6O3S2/c1-15(2)21-11-20(22(33-21)16(3)4)25-23(30)26-34(31,32)29(18-9-8-10-27(7)13-18)19-12-24-28(14-19)17(5)6/h11-12,14-18H,8-10,13H2,1-7H3,(H2,25,26,30)/t18-/m1/s1. The number of urea groups is 1. The predicted octanol–water partition coefficient (Wildman–Crippen LogP) is 4.74. The first-order valence-corrected chi connectivity index (χ1v) is 14.1. The van der Waals surface area contributed by atoms with E-state index in [0.29, 0.717) is 30.3 Å². The average molecular weight is 511 g/mol. The fraction of sp³-hybridized carbons (Fsp3) is 0.652. The van der Waals surface area contributed by atoms with E-state index in [9.17, 15) is 13.2 Å². The lowest BCUT2D eigenvalue weighted by Gasteiger charge is -2.37. The molecule has 1 aliphatic heterocycles. The molecule has 190 valence electrons. The number of hydrogen-bond acceptors (Lipinski definition) is 6. The summed E-state index contributed by atoms with van der Waals surface area (Å²) in [6.45, 7) is 13.8. The van der Waals surface area contributed by atoms with Crippen molar-refractivity contribution in [2.45, 2.75) is 78.3 Å². The number of carbonyl (C=O) groups is 1. The SMILES string of the molecule is CC(C)c1cc(NC(=O)NS(=O)(=O)N(c2cnn(C(C)C)c2)[C@@H]2CCCN(C)C2)c(C(C)C)s1. The predicted molar refractivity (Wildman–Crippen MR) is 139 cm³/mol. The van der Waals surface area contributed by atoms with Crippen LogP contribution >= 0.6 is 11.3 Å². The summed E-state index contributed by atoms with van der Waals surface area (Å²) >= 11 is 1.65. The molecule has 34 heavy (non-hydrogen) atoms. The molecule has 0 bridgehead atoms. The van der Waals surface area contributed by atoms with Gasteiger partial charge in [-0.1, -0.05) is 27.7 Å². The Balaban J connectivity index is 1.87. The molecule has 0 radical (unpaired) electrons. The van der Waals surface area contributed by atoms with Gasteiger partial charge in [-0.15, -0.1) is 11.3 Å². The molecule has 3 heterocycles. The van der Waals surface area contributed by atoms with Crippen LogP contribution in [0.15, 0.2) is 18.5 Å². The number of anilines is 2. The molecule has 9 nitrogen and oxygen atoms in total. The van der Waals surface area contributed by atoms with Crippen LogP contribution in [-0.2, 0) is 10.2 Å². The second kappa shape index (κ2) is 10.7. The number of piperidine rings is 1. The molecule has 11 heteroatoms. The van der Waals surface area contributed by atoms with Crippen LogP contribution in [0.4, 0.5) is 16.2 Å². The van der Waals surface area contributed by atoms with Gasteiger partial charge in [0.1, 0.15) is 0 Å². The van der Waals surface area contributed by atoms with Crippen LogP contribution in [0.2, 0.25) is 0 Å². The molecule has 0 saturated carbocycles. The maximum absolute atomic E-state index is 13.6. The Morgan fingerprint density at radius 3 is 2.47 bits per heavy atom. The van der Waals surface area contributed by atoms with Crippen molar-refractivity contribution in [1.29, 1.82) is 0 Å². The minimum Gasteiger partial charge on any atom is -0.306 e. The van der Waals surface area contributed by atoms with E-state index in [1.165, 1.54) is 4.31 Å². The van der Waals surface area contributed by atoms with Crippen molar-refractivity contribution < 1.29 is 13.2 Å². The van der Waals surface area contributed by atoms with Gasteiger partial charge in [0, 0.05) is 28.5 Å².